The molecule has 0 aliphatic heterocycles. The average molecular weight is 573 g/mol. The Bertz CT molecular complexity index is 1860. The standard InChI is InChI=1S/C42H40N2/c1-6-34-14-10-18-41(29-34)43(38-15-7-11-30(2)25-38)37-22-19-35(20-23-37)36-21-24-42(33(5)28-36)44(39-16-8-12-31(3)26-39)40-17-9-13-32(4)27-40/h7-29H,6H2,1-5H3. The van der Waals surface area contributed by atoms with Crippen molar-refractivity contribution >= 4 is 34.1 Å². The summed E-state index contributed by atoms with van der Waals surface area (Å²) in [6, 6.07) is 50.9. The van der Waals surface area contributed by atoms with E-state index in [-0.39, 0.29) is 0 Å². The maximum absolute atomic E-state index is 2.37. The average Bonchev–Trinajstić information content (AvgIpc) is 3.03. The second-order valence-corrected chi connectivity index (χ2v) is 11.8. The Hall–Kier alpha value is -5.08. The predicted octanol–water partition coefficient (Wildman–Crippen LogP) is 12.1. The van der Waals surface area contributed by atoms with Crippen molar-refractivity contribution in [2.45, 2.75) is 41.0 Å². The molecule has 0 aliphatic carbocycles. The number of hydrogen-bond acceptors (Lipinski definition) is 2. The van der Waals surface area contributed by atoms with E-state index in [9.17, 15) is 0 Å². The van der Waals surface area contributed by atoms with Crippen molar-refractivity contribution < 1.29 is 0 Å². The first-order chi connectivity index (χ1) is 21.4. The van der Waals surface area contributed by atoms with Crippen LogP contribution in [-0.4, -0.2) is 0 Å². The van der Waals surface area contributed by atoms with E-state index < -0.39 is 0 Å². The van der Waals surface area contributed by atoms with E-state index >= 15 is 0 Å². The summed E-state index contributed by atoms with van der Waals surface area (Å²) in [5.74, 6) is 0. The van der Waals surface area contributed by atoms with Gasteiger partial charge in [-0.05, 0) is 146 Å². The lowest BCUT2D eigenvalue weighted by Crippen LogP contribution is -2.11. The lowest BCUT2D eigenvalue weighted by Gasteiger charge is -2.28. The third-order valence-corrected chi connectivity index (χ3v) is 8.25. The van der Waals surface area contributed by atoms with Crippen LogP contribution >= 0.6 is 0 Å². The van der Waals surface area contributed by atoms with E-state index in [4.69, 9.17) is 0 Å². The molecule has 6 aromatic rings. The molecule has 0 unspecified atom stereocenters. The number of aryl methyl sites for hydroxylation is 5. The van der Waals surface area contributed by atoms with Crippen molar-refractivity contribution in [3.05, 3.63) is 167 Å². The zero-order valence-corrected chi connectivity index (χ0v) is 26.4. The fourth-order valence-electron chi connectivity index (χ4n) is 5.98. The Morgan fingerprint density at radius 3 is 1.39 bits per heavy atom. The zero-order chi connectivity index (χ0) is 30.6. The molecule has 0 fully saturated rings. The second-order valence-electron chi connectivity index (χ2n) is 11.8. The summed E-state index contributed by atoms with van der Waals surface area (Å²) in [5.41, 5.74) is 15.7. The number of hydrogen-bond donors (Lipinski definition) is 0. The molecule has 0 heterocycles. The van der Waals surface area contributed by atoms with Gasteiger partial charge in [0.25, 0.3) is 0 Å². The maximum atomic E-state index is 2.37. The van der Waals surface area contributed by atoms with Crippen molar-refractivity contribution in [2.75, 3.05) is 9.80 Å². The molecule has 0 atom stereocenters. The summed E-state index contributed by atoms with van der Waals surface area (Å²) in [6.45, 7) is 10.9. The van der Waals surface area contributed by atoms with E-state index in [1.54, 1.807) is 0 Å². The minimum Gasteiger partial charge on any atom is -0.310 e. The molecule has 0 spiro atoms. The van der Waals surface area contributed by atoms with Gasteiger partial charge in [0.05, 0.1) is 0 Å². The summed E-state index contributed by atoms with van der Waals surface area (Å²) in [5, 5.41) is 0. The SMILES string of the molecule is CCc1cccc(N(c2ccc(-c3ccc(N(c4cccc(C)c4)c4cccc(C)c4)c(C)c3)cc2)c2cccc(C)c2)c1. The van der Waals surface area contributed by atoms with Crippen molar-refractivity contribution in [3.8, 4) is 11.1 Å². The van der Waals surface area contributed by atoms with Crippen LogP contribution < -0.4 is 9.80 Å². The summed E-state index contributed by atoms with van der Waals surface area (Å²) in [6.07, 6.45) is 1.01. The van der Waals surface area contributed by atoms with Gasteiger partial charge in [0, 0.05) is 34.1 Å². The van der Waals surface area contributed by atoms with Gasteiger partial charge in [-0.15, -0.1) is 0 Å². The van der Waals surface area contributed by atoms with E-state index in [0.29, 0.717) is 0 Å². The minimum atomic E-state index is 1.01. The molecule has 0 amide bonds. The molecule has 0 bridgehead atoms. The summed E-state index contributed by atoms with van der Waals surface area (Å²) >= 11 is 0. The van der Waals surface area contributed by atoms with Crippen LogP contribution in [-0.2, 0) is 6.42 Å². The van der Waals surface area contributed by atoms with Crippen molar-refractivity contribution in [2.24, 2.45) is 0 Å². The van der Waals surface area contributed by atoms with Crippen LogP contribution in [0.25, 0.3) is 11.1 Å². The lowest BCUT2D eigenvalue weighted by molar-refractivity contribution is 1.13. The van der Waals surface area contributed by atoms with Gasteiger partial charge in [-0.3, -0.25) is 0 Å². The monoisotopic (exact) mass is 572 g/mol. The van der Waals surface area contributed by atoms with Gasteiger partial charge in [0.15, 0.2) is 0 Å². The molecule has 6 rings (SSSR count). The molecule has 0 saturated carbocycles. The van der Waals surface area contributed by atoms with Crippen LogP contribution in [0.2, 0.25) is 0 Å². The van der Waals surface area contributed by atoms with Crippen LogP contribution in [0.4, 0.5) is 34.1 Å². The molecule has 44 heavy (non-hydrogen) atoms. The van der Waals surface area contributed by atoms with E-state index in [1.807, 2.05) is 0 Å². The van der Waals surface area contributed by atoms with Crippen LogP contribution in [0.15, 0.2) is 140 Å². The highest BCUT2D eigenvalue weighted by molar-refractivity contribution is 5.82. The normalized spacial score (nSPS) is 10.9. The Morgan fingerprint density at radius 1 is 0.409 bits per heavy atom. The molecular weight excluding hydrogens is 532 g/mol. The Balaban J connectivity index is 1.37. The third-order valence-electron chi connectivity index (χ3n) is 8.25. The first kappa shape index (κ1) is 29.0. The van der Waals surface area contributed by atoms with E-state index in [1.165, 1.54) is 67.4 Å². The Kier molecular flexibility index (Phi) is 8.34. The smallest absolute Gasteiger partial charge is 0.0491 e. The summed E-state index contributed by atoms with van der Waals surface area (Å²) in [7, 11) is 0. The zero-order valence-electron chi connectivity index (χ0n) is 26.4. The molecule has 2 nitrogen and oxygen atoms in total. The molecule has 0 N–H and O–H groups in total. The predicted molar refractivity (Wildman–Crippen MR) is 190 cm³/mol. The summed E-state index contributed by atoms with van der Waals surface area (Å²) < 4.78 is 0. The van der Waals surface area contributed by atoms with Crippen LogP contribution in [0.5, 0.6) is 0 Å². The molecule has 2 heteroatoms. The molecule has 6 aromatic carbocycles. The van der Waals surface area contributed by atoms with Crippen LogP contribution in [0.1, 0.15) is 34.7 Å². The van der Waals surface area contributed by atoms with Gasteiger partial charge in [0.2, 0.25) is 0 Å². The van der Waals surface area contributed by atoms with Crippen LogP contribution in [0, 0.1) is 27.7 Å². The third kappa shape index (κ3) is 6.16. The Morgan fingerprint density at radius 2 is 0.886 bits per heavy atom. The highest BCUT2D eigenvalue weighted by Crippen LogP contribution is 2.40. The lowest BCUT2D eigenvalue weighted by atomic mass is 10.0. The maximum Gasteiger partial charge on any atom is 0.0491 e. The van der Waals surface area contributed by atoms with Crippen molar-refractivity contribution in [1.29, 1.82) is 0 Å². The van der Waals surface area contributed by atoms with Gasteiger partial charge in [-0.2, -0.15) is 0 Å². The number of anilines is 6. The van der Waals surface area contributed by atoms with Gasteiger partial charge in [-0.1, -0.05) is 73.7 Å². The quantitative estimate of drug-likeness (QED) is 0.179. The fourth-order valence-corrected chi connectivity index (χ4v) is 5.98. The Labute approximate surface area is 262 Å². The molecule has 0 aliphatic rings. The van der Waals surface area contributed by atoms with Crippen molar-refractivity contribution in [3.63, 3.8) is 0 Å². The van der Waals surface area contributed by atoms with Crippen LogP contribution in [0.3, 0.4) is 0 Å². The molecular formula is C42H40N2. The second kappa shape index (κ2) is 12.7. The highest BCUT2D eigenvalue weighted by Gasteiger charge is 2.17. The molecule has 0 radical (unpaired) electrons. The molecule has 218 valence electrons. The number of nitrogens with zero attached hydrogens (tertiary/aromatic N) is 2. The van der Waals surface area contributed by atoms with Gasteiger partial charge in [0.1, 0.15) is 0 Å². The van der Waals surface area contributed by atoms with E-state index in [0.717, 1.165) is 12.1 Å². The highest BCUT2D eigenvalue weighted by atomic mass is 15.1. The molecule has 0 aromatic heterocycles. The number of benzene rings is 6. The van der Waals surface area contributed by atoms with E-state index in [2.05, 4.69) is 184 Å². The van der Waals surface area contributed by atoms with Gasteiger partial charge >= 0.3 is 0 Å². The van der Waals surface area contributed by atoms with Gasteiger partial charge in [-0.25, -0.2) is 0 Å². The summed E-state index contributed by atoms with van der Waals surface area (Å²) in [4.78, 5) is 4.72. The topological polar surface area (TPSA) is 6.48 Å². The number of rotatable bonds is 8. The fraction of sp³-hybridized carbons (Fsp3) is 0.143. The van der Waals surface area contributed by atoms with Crippen molar-refractivity contribution in [1.82, 2.24) is 0 Å². The molecule has 0 saturated heterocycles. The first-order valence-corrected chi connectivity index (χ1v) is 15.5. The van der Waals surface area contributed by atoms with Gasteiger partial charge < -0.3 is 9.80 Å². The largest absolute Gasteiger partial charge is 0.310 e. The minimum absolute atomic E-state index is 1.01. The first-order valence-electron chi connectivity index (χ1n) is 15.5.